The molecular weight excluding hydrogens is 288 g/mol. The first-order valence-electron chi connectivity index (χ1n) is 5.49. The van der Waals surface area contributed by atoms with Gasteiger partial charge in [-0.15, -0.1) is 0 Å². The molecule has 1 N–H and O–H groups in total. The van der Waals surface area contributed by atoms with Gasteiger partial charge in [-0.2, -0.15) is 0 Å². The monoisotopic (exact) mass is 298 g/mol. The maximum Gasteiger partial charge on any atom is 0.124 e. The molecule has 2 aliphatic rings. The Morgan fingerprint density at radius 1 is 1.50 bits per heavy atom. The van der Waals surface area contributed by atoms with Crippen LogP contribution in [0.15, 0.2) is 22.9 Å². The summed E-state index contributed by atoms with van der Waals surface area (Å²) < 4.78 is 0.717. The summed E-state index contributed by atoms with van der Waals surface area (Å²) in [4.78, 5) is 4.24. The fourth-order valence-electron chi connectivity index (χ4n) is 2.59. The predicted octanol–water partition coefficient (Wildman–Crippen LogP) is 3.26. The predicted molar refractivity (Wildman–Crippen MR) is 69.4 cm³/mol. The van der Waals surface area contributed by atoms with E-state index in [1.165, 1.54) is 12.0 Å². The van der Waals surface area contributed by atoms with E-state index in [4.69, 9.17) is 11.6 Å². The van der Waals surface area contributed by atoms with Crippen molar-refractivity contribution in [3.63, 3.8) is 0 Å². The number of nitrogens with one attached hydrogen (secondary N) is 1. The van der Waals surface area contributed by atoms with Crippen LogP contribution < -0.4 is 5.32 Å². The van der Waals surface area contributed by atoms with Gasteiger partial charge in [-0.1, -0.05) is 17.7 Å². The summed E-state index contributed by atoms with van der Waals surface area (Å²) in [6.45, 7) is 1.15. The molecule has 1 saturated heterocycles. The second-order valence-electron chi connectivity index (χ2n) is 4.41. The molecule has 0 radical (unpaired) electrons. The van der Waals surface area contributed by atoms with Crippen LogP contribution in [0.25, 0.3) is 5.57 Å². The maximum atomic E-state index is 6.06. The Bertz CT molecular complexity index is 458. The second kappa shape index (κ2) is 4.13. The molecule has 2 heterocycles. The Morgan fingerprint density at radius 3 is 3.12 bits per heavy atom. The molecule has 2 nitrogen and oxygen atoms in total. The van der Waals surface area contributed by atoms with Gasteiger partial charge < -0.3 is 5.32 Å². The van der Waals surface area contributed by atoms with Crippen LogP contribution in [0, 0.1) is 5.92 Å². The molecule has 16 heavy (non-hydrogen) atoms. The van der Waals surface area contributed by atoms with Gasteiger partial charge >= 0.3 is 0 Å². The zero-order valence-corrected chi connectivity index (χ0v) is 11.1. The summed E-state index contributed by atoms with van der Waals surface area (Å²) in [5.41, 5.74) is 2.54. The first-order valence-corrected chi connectivity index (χ1v) is 6.66. The Kier molecular flexibility index (Phi) is 2.78. The van der Waals surface area contributed by atoms with Gasteiger partial charge in [0, 0.05) is 12.2 Å². The Labute approximate surface area is 108 Å². The van der Waals surface area contributed by atoms with Crippen LogP contribution in [0.3, 0.4) is 0 Å². The first-order chi connectivity index (χ1) is 7.74. The Hall–Kier alpha value is -0.380. The van der Waals surface area contributed by atoms with Crippen molar-refractivity contribution in [3.05, 3.63) is 33.5 Å². The minimum Gasteiger partial charge on any atom is -0.313 e. The van der Waals surface area contributed by atoms with E-state index in [0.29, 0.717) is 17.0 Å². The topological polar surface area (TPSA) is 24.9 Å². The molecule has 0 aromatic carbocycles. The summed E-state index contributed by atoms with van der Waals surface area (Å²) in [5, 5.41) is 4.21. The van der Waals surface area contributed by atoms with Crippen molar-refractivity contribution < 1.29 is 0 Å². The van der Waals surface area contributed by atoms with Crippen LogP contribution >= 0.6 is 27.5 Å². The zero-order valence-electron chi connectivity index (χ0n) is 8.71. The van der Waals surface area contributed by atoms with Crippen molar-refractivity contribution in [2.75, 3.05) is 6.54 Å². The molecule has 0 spiro atoms. The van der Waals surface area contributed by atoms with Crippen molar-refractivity contribution in [3.8, 4) is 0 Å². The average Bonchev–Trinajstić information content (AvgIpc) is 2.81. The maximum absolute atomic E-state index is 6.06. The van der Waals surface area contributed by atoms with Crippen LogP contribution in [-0.4, -0.2) is 17.6 Å². The highest BCUT2D eigenvalue weighted by molar-refractivity contribution is 9.10. The van der Waals surface area contributed by atoms with Crippen LogP contribution in [0.4, 0.5) is 0 Å². The fourth-order valence-corrected chi connectivity index (χ4v) is 2.97. The molecule has 2 unspecified atom stereocenters. The molecule has 1 aromatic rings. The van der Waals surface area contributed by atoms with Gasteiger partial charge in [-0.25, -0.2) is 4.98 Å². The van der Waals surface area contributed by atoms with Gasteiger partial charge in [-0.3, -0.25) is 0 Å². The standard InChI is InChI=1S/C12H12BrClN2/c13-12-10(14)4-9(6-16-12)8-3-7-1-2-15-11(7)5-8/h3-4,6-7,11,15H,1-2,5H2. The lowest BCUT2D eigenvalue weighted by atomic mass is 10.1. The molecule has 1 fully saturated rings. The summed E-state index contributed by atoms with van der Waals surface area (Å²) >= 11 is 9.37. The molecular formula is C12H12BrClN2. The van der Waals surface area contributed by atoms with Gasteiger partial charge in [0.2, 0.25) is 0 Å². The van der Waals surface area contributed by atoms with Gasteiger partial charge in [-0.05, 0) is 58.4 Å². The lowest BCUT2D eigenvalue weighted by molar-refractivity contribution is 0.563. The zero-order chi connectivity index (χ0) is 11.1. The molecule has 0 saturated carbocycles. The van der Waals surface area contributed by atoms with E-state index in [9.17, 15) is 0 Å². The number of hydrogen-bond donors (Lipinski definition) is 1. The third-order valence-electron chi connectivity index (χ3n) is 3.42. The molecule has 0 amide bonds. The number of nitrogens with zero attached hydrogens (tertiary/aromatic N) is 1. The summed E-state index contributed by atoms with van der Waals surface area (Å²) in [7, 11) is 0. The number of aromatic nitrogens is 1. The largest absolute Gasteiger partial charge is 0.313 e. The summed E-state index contributed by atoms with van der Waals surface area (Å²) in [6.07, 6.45) is 6.63. The number of rotatable bonds is 1. The molecule has 1 aliphatic heterocycles. The highest BCUT2D eigenvalue weighted by Crippen LogP contribution is 2.37. The molecule has 1 aromatic heterocycles. The third-order valence-corrected chi connectivity index (χ3v) is 4.57. The van der Waals surface area contributed by atoms with Crippen molar-refractivity contribution in [1.82, 2.24) is 10.3 Å². The number of halogens is 2. The molecule has 0 bridgehead atoms. The third kappa shape index (κ3) is 1.81. The van der Waals surface area contributed by atoms with E-state index >= 15 is 0 Å². The van der Waals surface area contributed by atoms with Crippen molar-refractivity contribution >= 4 is 33.1 Å². The lowest BCUT2D eigenvalue weighted by Gasteiger charge is -2.08. The number of hydrogen-bond acceptors (Lipinski definition) is 2. The fraction of sp³-hybridized carbons (Fsp3) is 0.417. The van der Waals surface area contributed by atoms with E-state index in [1.54, 1.807) is 0 Å². The molecule has 2 atom stereocenters. The highest BCUT2D eigenvalue weighted by atomic mass is 79.9. The van der Waals surface area contributed by atoms with Gasteiger partial charge in [0.25, 0.3) is 0 Å². The van der Waals surface area contributed by atoms with Crippen LogP contribution in [-0.2, 0) is 0 Å². The molecule has 3 rings (SSSR count). The van der Waals surface area contributed by atoms with Crippen molar-refractivity contribution in [2.24, 2.45) is 5.92 Å². The second-order valence-corrected chi connectivity index (χ2v) is 5.56. The Balaban J connectivity index is 1.90. The van der Waals surface area contributed by atoms with E-state index < -0.39 is 0 Å². The van der Waals surface area contributed by atoms with Gasteiger partial charge in [0.1, 0.15) is 4.60 Å². The Morgan fingerprint density at radius 2 is 2.38 bits per heavy atom. The van der Waals surface area contributed by atoms with Crippen LogP contribution in [0.2, 0.25) is 5.02 Å². The first kappa shape index (κ1) is 10.8. The molecule has 84 valence electrons. The van der Waals surface area contributed by atoms with E-state index in [1.807, 2.05) is 12.3 Å². The quantitative estimate of drug-likeness (QED) is 0.805. The van der Waals surface area contributed by atoms with Crippen LogP contribution in [0.5, 0.6) is 0 Å². The smallest absolute Gasteiger partial charge is 0.124 e. The van der Waals surface area contributed by atoms with Crippen molar-refractivity contribution in [1.29, 1.82) is 0 Å². The SMILES string of the molecule is Clc1cc(C2=CC3CCNC3C2)cnc1Br. The highest BCUT2D eigenvalue weighted by Gasteiger charge is 2.31. The lowest BCUT2D eigenvalue weighted by Crippen LogP contribution is -2.22. The van der Waals surface area contributed by atoms with E-state index in [2.05, 4.69) is 32.3 Å². The minimum atomic E-state index is 0.637. The number of fused-ring (bicyclic) bond motifs is 1. The average molecular weight is 300 g/mol. The summed E-state index contributed by atoms with van der Waals surface area (Å²) in [6, 6.07) is 2.63. The molecule has 4 heteroatoms. The van der Waals surface area contributed by atoms with Gasteiger partial charge in [0.05, 0.1) is 5.02 Å². The van der Waals surface area contributed by atoms with Crippen molar-refractivity contribution in [2.45, 2.75) is 18.9 Å². The van der Waals surface area contributed by atoms with Crippen LogP contribution in [0.1, 0.15) is 18.4 Å². The molecule has 1 aliphatic carbocycles. The number of pyridine rings is 1. The van der Waals surface area contributed by atoms with E-state index in [-0.39, 0.29) is 0 Å². The normalized spacial score (nSPS) is 28.0. The van der Waals surface area contributed by atoms with Gasteiger partial charge in [0.15, 0.2) is 0 Å². The van der Waals surface area contributed by atoms with E-state index in [0.717, 1.165) is 23.1 Å². The minimum absolute atomic E-state index is 0.637. The summed E-state index contributed by atoms with van der Waals surface area (Å²) in [5.74, 6) is 0.706.